The van der Waals surface area contributed by atoms with E-state index in [9.17, 15) is 9.59 Å². The van der Waals surface area contributed by atoms with Gasteiger partial charge < -0.3 is 24.3 Å². The fourth-order valence-corrected chi connectivity index (χ4v) is 1.77. The molecule has 114 valence electrons. The first-order chi connectivity index (χ1) is 9.60. The lowest BCUT2D eigenvalue weighted by Gasteiger charge is -2.24. The van der Waals surface area contributed by atoms with E-state index in [0.717, 1.165) is 0 Å². The van der Waals surface area contributed by atoms with Crippen LogP contribution in [0.5, 0.6) is 0 Å². The Morgan fingerprint density at radius 3 is 2.60 bits per heavy atom. The van der Waals surface area contributed by atoms with Crippen molar-refractivity contribution in [2.75, 3.05) is 40.5 Å². The molecule has 0 saturated carbocycles. The number of aliphatic carboxylic acids is 1. The van der Waals surface area contributed by atoms with Crippen molar-refractivity contribution in [3.63, 3.8) is 0 Å². The highest BCUT2D eigenvalue weighted by Gasteiger charge is 2.34. The molecule has 0 aromatic rings. The number of carbonyl (C=O) groups is 2. The quantitative estimate of drug-likeness (QED) is 0.586. The van der Waals surface area contributed by atoms with Gasteiger partial charge in [0.15, 0.2) is 5.71 Å². The summed E-state index contributed by atoms with van der Waals surface area (Å²) in [5.74, 6) is -1.44. The Hall–Kier alpha value is -1.67. The fraction of sp³-hybridized carbons (Fsp3) is 0.750. The highest BCUT2D eigenvalue weighted by atomic mass is 16.6. The minimum absolute atomic E-state index is 0.0120. The molecule has 0 radical (unpaired) electrons. The molecule has 1 heterocycles. The summed E-state index contributed by atoms with van der Waals surface area (Å²) < 4.78 is 9.91. The molecule has 1 unspecified atom stereocenters. The lowest BCUT2D eigenvalue weighted by atomic mass is 10.1. The molecule has 1 aliphatic rings. The normalized spacial score (nSPS) is 17.5. The number of carbonyl (C=O) groups excluding carboxylic acids is 1. The van der Waals surface area contributed by atoms with E-state index >= 15 is 0 Å². The molecule has 0 aromatic carbocycles. The third kappa shape index (κ3) is 4.78. The Morgan fingerprint density at radius 1 is 1.35 bits per heavy atom. The minimum Gasteiger partial charge on any atom is -0.477 e. The first-order valence-electron chi connectivity index (χ1n) is 6.32. The first kappa shape index (κ1) is 16.4. The summed E-state index contributed by atoms with van der Waals surface area (Å²) in [6.07, 6.45) is -0.187. The molecule has 1 rings (SSSR count). The number of carboxylic acid groups (broad SMARTS) is 1. The average molecular weight is 288 g/mol. The van der Waals surface area contributed by atoms with Crippen molar-refractivity contribution in [2.24, 2.45) is 5.16 Å². The van der Waals surface area contributed by atoms with Gasteiger partial charge in [-0.3, -0.25) is 4.79 Å². The van der Waals surface area contributed by atoms with E-state index in [1.807, 2.05) is 0 Å². The molecule has 1 atom stereocenters. The molecule has 20 heavy (non-hydrogen) atoms. The molecule has 8 nitrogen and oxygen atoms in total. The van der Waals surface area contributed by atoms with Crippen LogP contribution in [0.1, 0.15) is 12.8 Å². The Morgan fingerprint density at radius 2 is 2.05 bits per heavy atom. The monoisotopic (exact) mass is 288 g/mol. The highest BCUT2D eigenvalue weighted by molar-refractivity contribution is 6.36. The van der Waals surface area contributed by atoms with Crippen molar-refractivity contribution < 1.29 is 29.0 Å². The number of rotatable bonds is 9. The minimum atomic E-state index is -1.16. The summed E-state index contributed by atoms with van der Waals surface area (Å²) in [7, 11) is 3.14. The number of hydrogen-bond acceptors (Lipinski definition) is 6. The summed E-state index contributed by atoms with van der Waals surface area (Å²) in [6.45, 7) is 1.86. The largest absolute Gasteiger partial charge is 0.477 e. The highest BCUT2D eigenvalue weighted by Crippen LogP contribution is 2.14. The van der Waals surface area contributed by atoms with E-state index in [4.69, 9.17) is 19.4 Å². The summed E-state index contributed by atoms with van der Waals surface area (Å²) in [6, 6.07) is 0. The molecule has 0 saturated heterocycles. The van der Waals surface area contributed by atoms with Gasteiger partial charge in [-0.05, 0) is 6.42 Å². The van der Waals surface area contributed by atoms with E-state index in [1.165, 1.54) is 0 Å². The maximum absolute atomic E-state index is 12.3. The van der Waals surface area contributed by atoms with Crippen LogP contribution in [0.3, 0.4) is 0 Å². The Balaban J connectivity index is 2.52. The van der Waals surface area contributed by atoms with Crippen LogP contribution in [0.25, 0.3) is 0 Å². The van der Waals surface area contributed by atoms with Gasteiger partial charge in [0.2, 0.25) is 6.10 Å². The number of ether oxygens (including phenoxy) is 2. The van der Waals surface area contributed by atoms with Gasteiger partial charge in [-0.1, -0.05) is 5.16 Å². The van der Waals surface area contributed by atoms with Crippen LogP contribution >= 0.6 is 0 Å². The number of nitrogens with zero attached hydrogens (tertiary/aromatic N) is 2. The zero-order valence-electron chi connectivity index (χ0n) is 11.7. The van der Waals surface area contributed by atoms with E-state index in [0.29, 0.717) is 32.7 Å². The van der Waals surface area contributed by atoms with Crippen molar-refractivity contribution in [1.29, 1.82) is 0 Å². The van der Waals surface area contributed by atoms with Crippen molar-refractivity contribution in [3.05, 3.63) is 0 Å². The van der Waals surface area contributed by atoms with Crippen LogP contribution in [0.2, 0.25) is 0 Å². The zero-order chi connectivity index (χ0) is 15.0. The molecular weight excluding hydrogens is 268 g/mol. The molecule has 0 fully saturated rings. The molecule has 0 bridgehead atoms. The Kier molecular flexibility index (Phi) is 6.96. The lowest BCUT2D eigenvalue weighted by molar-refractivity contribution is -0.142. The third-order valence-electron chi connectivity index (χ3n) is 2.84. The number of oxime groups is 1. The second kappa shape index (κ2) is 8.49. The third-order valence-corrected chi connectivity index (χ3v) is 2.84. The summed E-state index contributed by atoms with van der Waals surface area (Å²) in [5.41, 5.74) is -0.132. The zero-order valence-corrected chi connectivity index (χ0v) is 11.7. The van der Waals surface area contributed by atoms with Crippen LogP contribution in [0.15, 0.2) is 5.16 Å². The molecule has 8 heteroatoms. The molecule has 0 aliphatic carbocycles. The van der Waals surface area contributed by atoms with Crippen molar-refractivity contribution in [1.82, 2.24) is 4.90 Å². The summed E-state index contributed by atoms with van der Waals surface area (Å²) in [5, 5.41) is 12.2. The van der Waals surface area contributed by atoms with Gasteiger partial charge >= 0.3 is 5.97 Å². The number of carboxylic acids is 1. The molecule has 0 aromatic heterocycles. The van der Waals surface area contributed by atoms with Gasteiger partial charge in [-0.25, -0.2) is 4.79 Å². The molecule has 0 spiro atoms. The second-order valence-electron chi connectivity index (χ2n) is 4.31. The van der Waals surface area contributed by atoms with E-state index < -0.39 is 12.1 Å². The molecule has 1 amide bonds. The van der Waals surface area contributed by atoms with Gasteiger partial charge in [0, 0.05) is 40.3 Å². The van der Waals surface area contributed by atoms with Crippen LogP contribution in [-0.4, -0.2) is 74.2 Å². The summed E-state index contributed by atoms with van der Waals surface area (Å²) in [4.78, 5) is 29.5. The maximum Gasteiger partial charge on any atom is 0.353 e. The van der Waals surface area contributed by atoms with Crippen molar-refractivity contribution in [2.45, 2.75) is 18.9 Å². The van der Waals surface area contributed by atoms with Gasteiger partial charge in [0.05, 0.1) is 6.61 Å². The van der Waals surface area contributed by atoms with Gasteiger partial charge in [0.1, 0.15) is 0 Å². The number of methoxy groups -OCH3 is 2. The first-order valence-corrected chi connectivity index (χ1v) is 6.32. The van der Waals surface area contributed by atoms with E-state index in [-0.39, 0.29) is 18.0 Å². The maximum atomic E-state index is 12.3. The smallest absolute Gasteiger partial charge is 0.353 e. The molecular formula is C12H20N2O6. The SMILES string of the molecule is COCCCN(CCOC)C(=O)C1CC(C(=O)O)=NO1. The van der Waals surface area contributed by atoms with Crippen molar-refractivity contribution in [3.8, 4) is 0 Å². The summed E-state index contributed by atoms with van der Waals surface area (Å²) >= 11 is 0. The van der Waals surface area contributed by atoms with E-state index in [2.05, 4.69) is 5.16 Å². The standard InChI is InChI=1S/C12H20N2O6/c1-18-6-3-4-14(5-7-19-2)11(15)10-8-9(12(16)17)13-20-10/h10H,3-8H2,1-2H3,(H,16,17). The van der Waals surface area contributed by atoms with Crippen LogP contribution in [-0.2, 0) is 23.9 Å². The predicted molar refractivity (Wildman–Crippen MR) is 69.5 cm³/mol. The number of amides is 1. The van der Waals surface area contributed by atoms with Crippen LogP contribution in [0, 0.1) is 0 Å². The molecule has 1 N–H and O–H groups in total. The van der Waals surface area contributed by atoms with Gasteiger partial charge in [0.25, 0.3) is 5.91 Å². The fourth-order valence-electron chi connectivity index (χ4n) is 1.77. The van der Waals surface area contributed by atoms with Crippen molar-refractivity contribution >= 4 is 17.6 Å². The predicted octanol–water partition coefficient (Wildman–Crippen LogP) is -0.273. The van der Waals surface area contributed by atoms with E-state index in [1.54, 1.807) is 19.1 Å². The van der Waals surface area contributed by atoms with Gasteiger partial charge in [-0.15, -0.1) is 0 Å². The Labute approximate surface area is 117 Å². The average Bonchev–Trinajstić information content (AvgIpc) is 2.92. The lowest BCUT2D eigenvalue weighted by Crippen LogP contribution is -2.42. The van der Waals surface area contributed by atoms with Crippen LogP contribution < -0.4 is 0 Å². The second-order valence-corrected chi connectivity index (χ2v) is 4.31. The van der Waals surface area contributed by atoms with Crippen LogP contribution in [0.4, 0.5) is 0 Å². The number of hydrogen-bond donors (Lipinski definition) is 1. The Bertz CT molecular complexity index is 371. The topological polar surface area (TPSA) is 97.7 Å². The molecule has 1 aliphatic heterocycles. The van der Waals surface area contributed by atoms with Gasteiger partial charge in [-0.2, -0.15) is 0 Å².